The highest BCUT2D eigenvalue weighted by Crippen LogP contribution is 2.41. The van der Waals surface area contributed by atoms with E-state index in [1.165, 1.54) is 30.4 Å². The van der Waals surface area contributed by atoms with Crippen molar-refractivity contribution in [3.05, 3.63) is 35.4 Å². The molecule has 18 heavy (non-hydrogen) atoms. The summed E-state index contributed by atoms with van der Waals surface area (Å²) in [6.45, 7) is 10.2. The molecule has 1 atom stereocenters. The molecule has 0 spiro atoms. The number of hydrogen-bond acceptors (Lipinski definition) is 1. The van der Waals surface area contributed by atoms with E-state index in [4.69, 9.17) is 0 Å². The summed E-state index contributed by atoms with van der Waals surface area (Å²) in [5, 5.41) is 3.81. The second-order valence-electron chi connectivity index (χ2n) is 6.62. The average molecular weight is 245 g/mol. The van der Waals surface area contributed by atoms with Crippen LogP contribution in [0.25, 0.3) is 0 Å². The van der Waals surface area contributed by atoms with Crippen molar-refractivity contribution in [1.29, 1.82) is 0 Å². The van der Waals surface area contributed by atoms with E-state index < -0.39 is 0 Å². The zero-order valence-electron chi connectivity index (χ0n) is 12.3. The van der Waals surface area contributed by atoms with Crippen LogP contribution in [0, 0.1) is 18.3 Å². The summed E-state index contributed by atoms with van der Waals surface area (Å²) >= 11 is 0. The van der Waals surface area contributed by atoms with E-state index >= 15 is 0 Å². The molecular formula is C17H27N. The van der Waals surface area contributed by atoms with E-state index in [2.05, 4.69) is 57.3 Å². The van der Waals surface area contributed by atoms with Gasteiger partial charge in [-0.2, -0.15) is 0 Å². The van der Waals surface area contributed by atoms with Gasteiger partial charge in [0.1, 0.15) is 0 Å². The summed E-state index contributed by atoms with van der Waals surface area (Å²) in [5.74, 6) is 0.861. The quantitative estimate of drug-likeness (QED) is 0.779. The Morgan fingerprint density at radius 3 is 2.33 bits per heavy atom. The van der Waals surface area contributed by atoms with Crippen LogP contribution in [0.4, 0.5) is 0 Å². The van der Waals surface area contributed by atoms with Gasteiger partial charge in [0.25, 0.3) is 0 Å². The second-order valence-corrected chi connectivity index (χ2v) is 6.62. The predicted molar refractivity (Wildman–Crippen MR) is 78.7 cm³/mol. The summed E-state index contributed by atoms with van der Waals surface area (Å²) in [6.07, 6.45) is 4.00. The summed E-state index contributed by atoms with van der Waals surface area (Å²) < 4.78 is 0. The van der Waals surface area contributed by atoms with Crippen LogP contribution in [0.1, 0.15) is 57.2 Å². The first-order valence-corrected chi connectivity index (χ1v) is 7.32. The van der Waals surface area contributed by atoms with Crippen LogP contribution < -0.4 is 5.32 Å². The Labute approximate surface area is 112 Å². The minimum Gasteiger partial charge on any atom is -0.309 e. The molecule has 1 aliphatic carbocycles. The van der Waals surface area contributed by atoms with Crippen LogP contribution in [0.15, 0.2) is 24.3 Å². The van der Waals surface area contributed by atoms with E-state index in [1.54, 1.807) is 0 Å². The molecule has 0 radical (unpaired) electrons. The molecule has 1 aliphatic rings. The van der Waals surface area contributed by atoms with Gasteiger partial charge in [0.15, 0.2) is 0 Å². The van der Waals surface area contributed by atoms with Gasteiger partial charge in [-0.05, 0) is 43.1 Å². The number of hydrogen-bond donors (Lipinski definition) is 1. The van der Waals surface area contributed by atoms with Gasteiger partial charge in [0, 0.05) is 12.6 Å². The molecule has 1 unspecified atom stereocenters. The molecule has 1 nitrogen and oxygen atoms in total. The minimum atomic E-state index is 0.401. The third-order valence-corrected chi connectivity index (χ3v) is 4.29. The van der Waals surface area contributed by atoms with E-state index in [1.807, 2.05) is 0 Å². The van der Waals surface area contributed by atoms with Crippen LogP contribution in [-0.2, 0) is 0 Å². The lowest BCUT2D eigenvalue weighted by molar-refractivity contribution is 0.300. The Kier molecular flexibility index (Phi) is 4.11. The fourth-order valence-electron chi connectivity index (χ4n) is 2.27. The topological polar surface area (TPSA) is 12.0 Å². The Morgan fingerprint density at radius 1 is 1.22 bits per heavy atom. The lowest BCUT2D eigenvalue weighted by Gasteiger charge is -2.27. The van der Waals surface area contributed by atoms with Gasteiger partial charge < -0.3 is 5.32 Å². The first kappa shape index (κ1) is 13.6. The van der Waals surface area contributed by atoms with Crippen molar-refractivity contribution in [3.63, 3.8) is 0 Å². The molecule has 0 aromatic heterocycles. The van der Waals surface area contributed by atoms with Crippen LogP contribution in [0.5, 0.6) is 0 Å². The lowest BCUT2D eigenvalue weighted by Crippen LogP contribution is -2.33. The van der Waals surface area contributed by atoms with Gasteiger partial charge >= 0.3 is 0 Å². The third kappa shape index (κ3) is 3.58. The van der Waals surface area contributed by atoms with E-state index in [-0.39, 0.29) is 0 Å². The number of aryl methyl sites for hydroxylation is 1. The van der Waals surface area contributed by atoms with Crippen LogP contribution >= 0.6 is 0 Å². The summed E-state index contributed by atoms with van der Waals surface area (Å²) in [6, 6.07) is 9.62. The first-order chi connectivity index (χ1) is 8.52. The first-order valence-electron chi connectivity index (χ1n) is 7.32. The summed E-state index contributed by atoms with van der Waals surface area (Å²) in [7, 11) is 0. The molecule has 1 saturated carbocycles. The van der Waals surface area contributed by atoms with Gasteiger partial charge in [-0.25, -0.2) is 0 Å². The molecule has 1 aromatic carbocycles. The van der Waals surface area contributed by atoms with Crippen molar-refractivity contribution in [3.8, 4) is 0 Å². The zero-order valence-corrected chi connectivity index (χ0v) is 12.3. The van der Waals surface area contributed by atoms with E-state index in [0.29, 0.717) is 11.5 Å². The Bertz CT molecular complexity index is 373. The van der Waals surface area contributed by atoms with Gasteiger partial charge in [0.2, 0.25) is 0 Å². The zero-order chi connectivity index (χ0) is 13.2. The Morgan fingerprint density at radius 2 is 1.83 bits per heavy atom. The van der Waals surface area contributed by atoms with Gasteiger partial charge in [-0.3, -0.25) is 0 Å². The highest BCUT2D eigenvalue weighted by Gasteiger charge is 2.32. The molecule has 2 rings (SSSR count). The average Bonchev–Trinajstić information content (AvgIpc) is 3.16. The number of nitrogens with one attached hydrogen (secondary N) is 1. The van der Waals surface area contributed by atoms with Crippen molar-refractivity contribution in [2.45, 2.75) is 53.0 Å². The number of benzene rings is 1. The maximum Gasteiger partial charge on any atom is 0.0348 e. The molecule has 1 aromatic rings. The van der Waals surface area contributed by atoms with Gasteiger partial charge in [0.05, 0.1) is 0 Å². The largest absolute Gasteiger partial charge is 0.309 e. The van der Waals surface area contributed by atoms with Crippen LogP contribution in [-0.4, -0.2) is 6.54 Å². The molecule has 100 valence electrons. The molecule has 0 heterocycles. The maximum absolute atomic E-state index is 3.81. The molecule has 0 aliphatic heterocycles. The smallest absolute Gasteiger partial charge is 0.0348 e. The van der Waals surface area contributed by atoms with Crippen molar-refractivity contribution in [2.24, 2.45) is 11.3 Å². The highest BCUT2D eigenvalue weighted by atomic mass is 14.9. The van der Waals surface area contributed by atoms with Crippen LogP contribution in [0.2, 0.25) is 0 Å². The van der Waals surface area contributed by atoms with Gasteiger partial charge in [-0.15, -0.1) is 0 Å². The monoisotopic (exact) mass is 245 g/mol. The molecule has 1 heteroatoms. The Balaban J connectivity index is 2.02. The number of rotatable bonds is 6. The molecule has 0 saturated heterocycles. The van der Waals surface area contributed by atoms with Crippen molar-refractivity contribution < 1.29 is 0 Å². The summed E-state index contributed by atoms with van der Waals surface area (Å²) in [4.78, 5) is 0. The lowest BCUT2D eigenvalue weighted by atomic mass is 9.89. The van der Waals surface area contributed by atoms with Crippen molar-refractivity contribution >= 4 is 0 Å². The predicted octanol–water partition coefficient (Wildman–Crippen LogP) is 4.47. The standard InChI is InChI=1S/C17H27N/c1-5-17(3,4)12-18-16(15-10-11-15)14-8-6-13(2)7-9-14/h6-9,15-16,18H,5,10-12H2,1-4H3. The normalized spacial score (nSPS) is 17.8. The molecular weight excluding hydrogens is 218 g/mol. The SMILES string of the molecule is CCC(C)(C)CNC(c1ccc(C)cc1)C1CC1. The molecule has 1 N–H and O–H groups in total. The second kappa shape index (κ2) is 5.44. The molecule has 0 bridgehead atoms. The third-order valence-electron chi connectivity index (χ3n) is 4.29. The van der Waals surface area contributed by atoms with Crippen molar-refractivity contribution in [2.75, 3.05) is 6.54 Å². The highest BCUT2D eigenvalue weighted by molar-refractivity contribution is 5.25. The van der Waals surface area contributed by atoms with Crippen LogP contribution in [0.3, 0.4) is 0 Å². The maximum atomic E-state index is 3.81. The summed E-state index contributed by atoms with van der Waals surface area (Å²) in [5.41, 5.74) is 3.22. The Hall–Kier alpha value is -0.820. The molecule has 0 amide bonds. The van der Waals surface area contributed by atoms with E-state index in [9.17, 15) is 0 Å². The minimum absolute atomic E-state index is 0.401. The van der Waals surface area contributed by atoms with E-state index in [0.717, 1.165) is 12.5 Å². The fourth-order valence-corrected chi connectivity index (χ4v) is 2.27. The van der Waals surface area contributed by atoms with Crippen molar-refractivity contribution in [1.82, 2.24) is 5.32 Å². The molecule has 1 fully saturated rings. The van der Waals surface area contributed by atoms with Gasteiger partial charge in [-0.1, -0.05) is 50.6 Å². The fraction of sp³-hybridized carbons (Fsp3) is 0.647.